The third-order valence-electron chi connectivity index (χ3n) is 1.82. The Balaban J connectivity index is 4.49. The lowest BCUT2D eigenvalue weighted by atomic mass is 10.2. The Morgan fingerprint density at radius 3 is 2.40 bits per heavy atom. The number of carbonyl (C=O) groups excluding carboxylic acids is 2. The normalized spacial score (nSPS) is 15.7. The van der Waals surface area contributed by atoms with Gasteiger partial charge in [0.15, 0.2) is 0 Å². The molecule has 0 aliphatic heterocycles. The van der Waals surface area contributed by atoms with Crippen LogP contribution in [0.1, 0.15) is 36.9 Å². The standard InChI is InChI=1S/C11H22N2O6S/c1-8(13-10(15)19-11(2,3)4)9(14)12-6-5-7-20(16,17)18/h8H,5-7H2,1-4H3,(H,12,14)(H,13,15)(H,16,17,18)/i6D2. The molecule has 118 valence electrons. The van der Waals surface area contributed by atoms with Gasteiger partial charge in [-0.15, -0.1) is 0 Å². The Labute approximate surface area is 121 Å². The molecule has 0 aliphatic rings. The summed E-state index contributed by atoms with van der Waals surface area (Å²) in [5.41, 5.74) is -0.746. The van der Waals surface area contributed by atoms with E-state index in [1.807, 2.05) is 5.32 Å². The number of carbonyl (C=O) groups is 2. The van der Waals surface area contributed by atoms with Crippen LogP contribution in [-0.4, -0.2) is 48.9 Å². The lowest BCUT2D eigenvalue weighted by Crippen LogP contribution is -2.46. The summed E-state index contributed by atoms with van der Waals surface area (Å²) < 4.78 is 49.6. The summed E-state index contributed by atoms with van der Waals surface area (Å²) in [5.74, 6) is -1.69. The summed E-state index contributed by atoms with van der Waals surface area (Å²) in [4.78, 5) is 23.2. The molecule has 0 saturated heterocycles. The molecule has 0 spiro atoms. The van der Waals surface area contributed by atoms with Crippen LogP contribution in [0.15, 0.2) is 0 Å². The molecule has 0 bridgehead atoms. The molecule has 1 atom stereocenters. The van der Waals surface area contributed by atoms with E-state index in [4.69, 9.17) is 12.0 Å². The maximum atomic E-state index is 11.8. The summed E-state index contributed by atoms with van der Waals surface area (Å²) in [5, 5.41) is 4.17. The molecule has 0 aliphatic carbocycles. The minimum absolute atomic E-state index is 0.628. The van der Waals surface area contributed by atoms with E-state index in [-0.39, 0.29) is 0 Å². The molecule has 2 amide bonds. The SMILES string of the molecule is [2H]C([2H])(CCS(=O)(=O)O)NC(=O)C(C)NC(=O)OC(C)(C)C. The van der Waals surface area contributed by atoms with E-state index in [1.54, 1.807) is 20.8 Å². The highest BCUT2D eigenvalue weighted by Crippen LogP contribution is 2.06. The van der Waals surface area contributed by atoms with E-state index >= 15 is 0 Å². The molecule has 3 N–H and O–H groups in total. The van der Waals surface area contributed by atoms with E-state index in [0.29, 0.717) is 0 Å². The Hall–Kier alpha value is -1.35. The van der Waals surface area contributed by atoms with Crippen LogP contribution < -0.4 is 10.6 Å². The second kappa shape index (κ2) is 7.44. The number of ether oxygens (including phenoxy) is 1. The van der Waals surface area contributed by atoms with Crippen molar-refractivity contribution in [3.05, 3.63) is 0 Å². The van der Waals surface area contributed by atoms with Crippen LogP contribution in [0, 0.1) is 0 Å². The van der Waals surface area contributed by atoms with Gasteiger partial charge in [-0.1, -0.05) is 0 Å². The van der Waals surface area contributed by atoms with E-state index in [1.165, 1.54) is 6.92 Å². The van der Waals surface area contributed by atoms with Gasteiger partial charge in [0.25, 0.3) is 10.1 Å². The molecule has 0 aromatic heterocycles. The molecule has 0 fully saturated rings. The van der Waals surface area contributed by atoms with Crippen molar-refractivity contribution in [3.63, 3.8) is 0 Å². The van der Waals surface area contributed by atoms with Gasteiger partial charge in [-0.3, -0.25) is 9.35 Å². The van der Waals surface area contributed by atoms with Gasteiger partial charge in [-0.2, -0.15) is 8.42 Å². The third-order valence-corrected chi connectivity index (χ3v) is 2.54. The Morgan fingerprint density at radius 2 is 1.95 bits per heavy atom. The summed E-state index contributed by atoms with van der Waals surface area (Å²) in [7, 11) is -4.33. The Morgan fingerprint density at radius 1 is 1.40 bits per heavy atom. The second-order valence-electron chi connectivity index (χ2n) is 5.07. The highest BCUT2D eigenvalue weighted by atomic mass is 32.2. The van der Waals surface area contributed by atoms with Crippen LogP contribution in [0.5, 0.6) is 0 Å². The smallest absolute Gasteiger partial charge is 0.408 e. The zero-order valence-electron chi connectivity index (χ0n) is 13.9. The van der Waals surface area contributed by atoms with Crippen LogP contribution in [0.25, 0.3) is 0 Å². The van der Waals surface area contributed by atoms with Crippen LogP contribution in [0.2, 0.25) is 0 Å². The third kappa shape index (κ3) is 10.6. The molecule has 1 unspecified atom stereocenters. The van der Waals surface area contributed by atoms with E-state index in [0.717, 1.165) is 0 Å². The Bertz CT molecular complexity index is 515. The Kier molecular flexibility index (Phi) is 5.60. The predicted molar refractivity (Wildman–Crippen MR) is 72.9 cm³/mol. The fourth-order valence-corrected chi connectivity index (χ4v) is 1.35. The zero-order valence-corrected chi connectivity index (χ0v) is 12.7. The lowest BCUT2D eigenvalue weighted by molar-refractivity contribution is -0.122. The molecular weight excluding hydrogens is 288 g/mol. The minimum atomic E-state index is -4.33. The summed E-state index contributed by atoms with van der Waals surface area (Å²) in [6.07, 6.45) is -1.47. The quantitative estimate of drug-likeness (QED) is 0.606. The first-order valence-corrected chi connectivity index (χ1v) is 7.49. The largest absolute Gasteiger partial charge is 0.444 e. The number of amides is 2. The topological polar surface area (TPSA) is 122 Å². The van der Waals surface area contributed by atoms with Crippen molar-refractivity contribution in [2.24, 2.45) is 0 Å². The van der Waals surface area contributed by atoms with Gasteiger partial charge in [0, 0.05) is 9.24 Å². The maximum absolute atomic E-state index is 11.8. The molecule has 0 aromatic rings. The first-order valence-electron chi connectivity index (χ1n) is 6.88. The molecule has 0 rings (SSSR count). The van der Waals surface area contributed by atoms with Crippen LogP contribution >= 0.6 is 0 Å². The highest BCUT2D eigenvalue weighted by molar-refractivity contribution is 7.85. The fraction of sp³-hybridized carbons (Fsp3) is 0.818. The number of nitrogens with one attached hydrogen (secondary N) is 2. The minimum Gasteiger partial charge on any atom is -0.444 e. The monoisotopic (exact) mass is 312 g/mol. The molecule has 20 heavy (non-hydrogen) atoms. The lowest BCUT2D eigenvalue weighted by Gasteiger charge is -2.21. The number of hydrogen-bond acceptors (Lipinski definition) is 5. The molecule has 9 heteroatoms. The number of hydrogen-bond donors (Lipinski definition) is 3. The average Bonchev–Trinajstić information content (AvgIpc) is 2.22. The molecule has 8 nitrogen and oxygen atoms in total. The molecule has 0 aromatic carbocycles. The van der Waals surface area contributed by atoms with E-state index in [2.05, 4.69) is 5.32 Å². The molecular formula is C11H22N2O6S. The average molecular weight is 312 g/mol. The molecule has 0 radical (unpaired) electrons. The van der Waals surface area contributed by atoms with Crippen molar-refractivity contribution >= 4 is 22.1 Å². The van der Waals surface area contributed by atoms with E-state index < -0.39 is 52.4 Å². The van der Waals surface area contributed by atoms with Gasteiger partial charge >= 0.3 is 6.09 Å². The van der Waals surface area contributed by atoms with Crippen molar-refractivity contribution < 1.29 is 30.0 Å². The molecule has 0 heterocycles. The number of alkyl carbamates (subject to hydrolysis) is 1. The van der Waals surface area contributed by atoms with E-state index in [9.17, 15) is 18.0 Å². The van der Waals surface area contributed by atoms with Crippen molar-refractivity contribution in [3.8, 4) is 0 Å². The summed E-state index contributed by atoms with van der Waals surface area (Å²) in [6.45, 7) is 3.90. The number of rotatable bonds is 6. The second-order valence-corrected chi connectivity index (χ2v) is 6.64. The van der Waals surface area contributed by atoms with Crippen LogP contribution in [0.3, 0.4) is 0 Å². The van der Waals surface area contributed by atoms with Gasteiger partial charge in [-0.25, -0.2) is 4.79 Å². The van der Waals surface area contributed by atoms with Crippen LogP contribution in [0.4, 0.5) is 4.79 Å². The van der Waals surface area contributed by atoms with Crippen molar-refractivity contribution in [1.82, 2.24) is 10.6 Å². The van der Waals surface area contributed by atoms with Crippen molar-refractivity contribution in [1.29, 1.82) is 0 Å². The highest BCUT2D eigenvalue weighted by Gasteiger charge is 2.20. The van der Waals surface area contributed by atoms with Gasteiger partial charge in [0.2, 0.25) is 5.91 Å². The maximum Gasteiger partial charge on any atom is 0.408 e. The van der Waals surface area contributed by atoms with Gasteiger partial charge < -0.3 is 15.4 Å². The van der Waals surface area contributed by atoms with Crippen LogP contribution in [-0.2, 0) is 19.6 Å². The predicted octanol–water partition coefficient (Wildman–Crippen LogP) is 0.294. The first kappa shape index (κ1) is 15.0. The zero-order chi connectivity index (χ0) is 17.8. The van der Waals surface area contributed by atoms with Gasteiger partial charge in [-0.05, 0) is 34.1 Å². The van der Waals surface area contributed by atoms with Gasteiger partial charge in [0.1, 0.15) is 11.6 Å². The summed E-state index contributed by atoms with van der Waals surface area (Å²) >= 11 is 0. The molecule has 0 saturated carbocycles. The van der Waals surface area contributed by atoms with Crippen molar-refractivity contribution in [2.75, 3.05) is 12.2 Å². The van der Waals surface area contributed by atoms with Gasteiger partial charge in [0.05, 0.1) is 5.75 Å². The summed E-state index contributed by atoms with van der Waals surface area (Å²) in [6, 6.07) is -1.09. The fourth-order valence-electron chi connectivity index (χ4n) is 0.988. The first-order chi connectivity index (χ1) is 9.61. The van der Waals surface area contributed by atoms with Crippen molar-refractivity contribution in [2.45, 2.75) is 45.8 Å².